The Hall–Kier alpha value is -2.72. The quantitative estimate of drug-likeness (QED) is 0.664. The molecular weight excluding hydrogens is 451 g/mol. The maximum atomic E-state index is 15.3. The number of nitrogens with zero attached hydrogens (tertiary/aromatic N) is 2. The maximum Gasteiger partial charge on any atom is 0.387 e. The fraction of sp³-hybridized carbons (Fsp3) is 0.429. The third kappa shape index (κ3) is 4.04. The van der Waals surface area contributed by atoms with Crippen molar-refractivity contribution in [2.75, 3.05) is 24.5 Å². The van der Waals surface area contributed by atoms with Gasteiger partial charge in [-0.15, -0.1) is 0 Å². The molecule has 1 saturated heterocycles. The van der Waals surface area contributed by atoms with Crippen LogP contribution >= 0.6 is 11.6 Å². The SMILES string of the molecule is NCC(Cl)=C1CCN(c2c(F)cc3c(=O)c(C(=O)O)cn(C4CC4)c3c2OC(F)F)CC1. The smallest absolute Gasteiger partial charge is 0.387 e. The van der Waals surface area contributed by atoms with Gasteiger partial charge in [-0.05, 0) is 31.7 Å². The number of anilines is 1. The summed E-state index contributed by atoms with van der Waals surface area (Å²) in [5, 5.41) is 9.61. The number of carboxylic acid groups (broad SMARTS) is 1. The number of piperidine rings is 1. The van der Waals surface area contributed by atoms with E-state index in [-0.39, 0.29) is 42.3 Å². The Morgan fingerprint density at radius 1 is 1.31 bits per heavy atom. The van der Waals surface area contributed by atoms with Crippen molar-refractivity contribution in [3.05, 3.63) is 44.5 Å². The number of hydrogen-bond donors (Lipinski definition) is 2. The molecule has 1 saturated carbocycles. The second-order valence-electron chi connectivity index (χ2n) is 7.83. The average Bonchev–Trinajstić information content (AvgIpc) is 3.59. The minimum absolute atomic E-state index is 0.0273. The molecule has 0 atom stereocenters. The van der Waals surface area contributed by atoms with Crippen molar-refractivity contribution >= 4 is 34.2 Å². The van der Waals surface area contributed by atoms with Crippen molar-refractivity contribution in [3.63, 3.8) is 0 Å². The zero-order valence-electron chi connectivity index (χ0n) is 16.9. The summed E-state index contributed by atoms with van der Waals surface area (Å²) in [5.41, 5.74) is 4.78. The van der Waals surface area contributed by atoms with Gasteiger partial charge in [-0.3, -0.25) is 4.79 Å². The molecule has 172 valence electrons. The molecule has 2 fully saturated rings. The molecule has 0 spiro atoms. The molecule has 1 aromatic heterocycles. The number of ether oxygens (including phenoxy) is 1. The van der Waals surface area contributed by atoms with Crippen molar-refractivity contribution in [1.29, 1.82) is 0 Å². The number of nitrogens with two attached hydrogens (primary N) is 1. The average molecular weight is 472 g/mol. The highest BCUT2D eigenvalue weighted by atomic mass is 35.5. The van der Waals surface area contributed by atoms with Crippen LogP contribution in [0.25, 0.3) is 10.9 Å². The first-order valence-electron chi connectivity index (χ1n) is 10.1. The normalized spacial score (nSPS) is 16.7. The number of carbonyl (C=O) groups is 1. The molecule has 0 bridgehead atoms. The highest BCUT2D eigenvalue weighted by Crippen LogP contribution is 2.45. The van der Waals surface area contributed by atoms with Crippen LogP contribution in [-0.2, 0) is 0 Å². The van der Waals surface area contributed by atoms with Crippen LogP contribution < -0.4 is 20.8 Å². The number of hydrogen-bond acceptors (Lipinski definition) is 5. The molecule has 4 rings (SSSR count). The fourth-order valence-corrected chi connectivity index (χ4v) is 4.34. The highest BCUT2D eigenvalue weighted by molar-refractivity contribution is 6.30. The summed E-state index contributed by atoms with van der Waals surface area (Å²) in [6.45, 7) is -2.52. The molecule has 2 heterocycles. The first-order chi connectivity index (χ1) is 15.2. The topological polar surface area (TPSA) is 97.8 Å². The number of halogens is 4. The van der Waals surface area contributed by atoms with E-state index in [1.54, 1.807) is 4.90 Å². The van der Waals surface area contributed by atoms with Crippen LogP contribution in [0.2, 0.25) is 0 Å². The Morgan fingerprint density at radius 2 is 1.97 bits per heavy atom. The number of fused-ring (bicyclic) bond motifs is 1. The first-order valence-corrected chi connectivity index (χ1v) is 10.5. The van der Waals surface area contributed by atoms with Gasteiger partial charge in [-0.1, -0.05) is 17.2 Å². The van der Waals surface area contributed by atoms with E-state index in [9.17, 15) is 23.5 Å². The summed E-state index contributed by atoms with van der Waals surface area (Å²) < 4.78 is 48.3. The number of aromatic carboxylic acids is 1. The van der Waals surface area contributed by atoms with Gasteiger partial charge in [0.05, 0.1) is 10.9 Å². The second kappa shape index (κ2) is 8.67. The van der Waals surface area contributed by atoms with E-state index in [1.165, 1.54) is 4.57 Å². The van der Waals surface area contributed by atoms with Gasteiger partial charge in [0.25, 0.3) is 0 Å². The number of pyridine rings is 1. The molecule has 32 heavy (non-hydrogen) atoms. The van der Waals surface area contributed by atoms with Gasteiger partial charge in [0, 0.05) is 36.9 Å². The summed E-state index contributed by atoms with van der Waals surface area (Å²) in [5.74, 6) is -2.87. The van der Waals surface area contributed by atoms with Crippen LogP contribution in [-0.4, -0.2) is 41.9 Å². The van der Waals surface area contributed by atoms with Gasteiger partial charge in [0.1, 0.15) is 11.3 Å². The van der Waals surface area contributed by atoms with Gasteiger partial charge >= 0.3 is 12.6 Å². The van der Waals surface area contributed by atoms with Gasteiger partial charge in [-0.25, -0.2) is 9.18 Å². The Kier molecular flexibility index (Phi) is 6.09. The van der Waals surface area contributed by atoms with Crippen LogP contribution in [0.4, 0.5) is 18.9 Å². The van der Waals surface area contributed by atoms with Gasteiger partial charge in [-0.2, -0.15) is 8.78 Å². The summed E-state index contributed by atoms with van der Waals surface area (Å²) in [6.07, 6.45) is 3.41. The lowest BCUT2D eigenvalue weighted by atomic mass is 10.0. The lowest BCUT2D eigenvalue weighted by Crippen LogP contribution is -2.33. The molecule has 11 heteroatoms. The van der Waals surface area contributed by atoms with E-state index >= 15 is 4.39 Å². The fourth-order valence-electron chi connectivity index (χ4n) is 4.15. The van der Waals surface area contributed by atoms with Crippen molar-refractivity contribution in [1.82, 2.24) is 4.57 Å². The van der Waals surface area contributed by atoms with Crippen LogP contribution in [0.1, 0.15) is 42.1 Å². The van der Waals surface area contributed by atoms with Crippen molar-refractivity contribution in [2.45, 2.75) is 38.3 Å². The molecule has 7 nitrogen and oxygen atoms in total. The van der Waals surface area contributed by atoms with E-state index in [1.807, 2.05) is 0 Å². The number of alkyl halides is 2. The number of aromatic nitrogens is 1. The lowest BCUT2D eigenvalue weighted by molar-refractivity contribution is -0.0488. The van der Waals surface area contributed by atoms with E-state index in [0.29, 0.717) is 30.7 Å². The van der Waals surface area contributed by atoms with E-state index in [2.05, 4.69) is 0 Å². The molecule has 1 aliphatic heterocycles. The Morgan fingerprint density at radius 3 is 2.50 bits per heavy atom. The van der Waals surface area contributed by atoms with Crippen molar-refractivity contribution < 1.29 is 27.8 Å². The van der Waals surface area contributed by atoms with E-state index in [4.69, 9.17) is 22.1 Å². The summed E-state index contributed by atoms with van der Waals surface area (Å²) in [6, 6.07) is 0.725. The van der Waals surface area contributed by atoms with Gasteiger partial charge in [0.2, 0.25) is 5.43 Å². The molecule has 0 amide bonds. The standard InChI is InChI=1S/C21H21ClF3N3O4/c22-14(8-26)10-3-5-27(6-4-10)17-15(23)7-12-16(19(17)32-21(24)25)28(11-1-2-11)9-13(18(12)29)20(30)31/h7,9,11,21H,1-6,8,26H2,(H,30,31). The molecular formula is C21H21ClF3N3O4. The number of benzene rings is 1. The Labute approximate surface area is 185 Å². The third-order valence-electron chi connectivity index (χ3n) is 5.82. The lowest BCUT2D eigenvalue weighted by Gasteiger charge is -2.33. The van der Waals surface area contributed by atoms with Crippen molar-refractivity contribution in [3.8, 4) is 5.75 Å². The van der Waals surface area contributed by atoms with Crippen LogP contribution in [0, 0.1) is 5.82 Å². The largest absolute Gasteiger partial charge is 0.477 e. The summed E-state index contributed by atoms with van der Waals surface area (Å²) in [7, 11) is 0. The van der Waals surface area contributed by atoms with Crippen LogP contribution in [0.15, 0.2) is 27.7 Å². The number of rotatable bonds is 6. The van der Waals surface area contributed by atoms with Crippen molar-refractivity contribution in [2.24, 2.45) is 5.73 Å². The monoisotopic (exact) mass is 471 g/mol. The summed E-state index contributed by atoms with van der Waals surface area (Å²) >= 11 is 6.12. The molecule has 1 aromatic carbocycles. The third-order valence-corrected chi connectivity index (χ3v) is 6.24. The van der Waals surface area contributed by atoms with E-state index in [0.717, 1.165) is 17.8 Å². The minimum Gasteiger partial charge on any atom is -0.477 e. The zero-order valence-corrected chi connectivity index (χ0v) is 17.7. The molecule has 0 radical (unpaired) electrons. The van der Waals surface area contributed by atoms with Crippen LogP contribution in [0.5, 0.6) is 5.75 Å². The molecule has 3 N–H and O–H groups in total. The predicted octanol–water partition coefficient (Wildman–Crippen LogP) is 3.83. The first kappa shape index (κ1) is 22.5. The second-order valence-corrected chi connectivity index (χ2v) is 8.28. The van der Waals surface area contributed by atoms with E-state index < -0.39 is 35.1 Å². The van der Waals surface area contributed by atoms with Gasteiger partial charge < -0.3 is 25.0 Å². The molecule has 0 unspecified atom stereocenters. The maximum absolute atomic E-state index is 15.3. The number of carboxylic acids is 1. The van der Waals surface area contributed by atoms with Crippen LogP contribution in [0.3, 0.4) is 0 Å². The molecule has 2 aromatic rings. The zero-order chi connectivity index (χ0) is 23.2. The Balaban J connectivity index is 1.93. The minimum atomic E-state index is -3.27. The highest BCUT2D eigenvalue weighted by Gasteiger charge is 2.33. The predicted molar refractivity (Wildman–Crippen MR) is 113 cm³/mol. The Bertz CT molecular complexity index is 1170. The molecule has 2 aliphatic rings. The molecule has 1 aliphatic carbocycles. The van der Waals surface area contributed by atoms with Gasteiger partial charge in [0.15, 0.2) is 11.6 Å². The summed E-state index contributed by atoms with van der Waals surface area (Å²) in [4.78, 5) is 25.9.